The number of aliphatic carboxylic acids is 1. The van der Waals surface area contributed by atoms with Crippen LogP contribution >= 0.6 is 11.6 Å². The number of carbonyl (C=O) groups is 2. The number of benzene rings is 1. The van der Waals surface area contributed by atoms with Gasteiger partial charge >= 0.3 is 5.97 Å². The Morgan fingerprint density at radius 2 is 2.05 bits per heavy atom. The molecule has 1 aliphatic heterocycles. The van der Waals surface area contributed by atoms with Crippen LogP contribution in [0.2, 0.25) is 5.02 Å². The van der Waals surface area contributed by atoms with Crippen LogP contribution in [0, 0.1) is 5.92 Å². The quantitative estimate of drug-likeness (QED) is 0.921. The van der Waals surface area contributed by atoms with E-state index < -0.39 is 11.9 Å². The number of halogens is 1. The van der Waals surface area contributed by atoms with E-state index in [1.54, 1.807) is 31.2 Å². The Bertz CT molecular complexity index is 539. The molecule has 19 heavy (non-hydrogen) atoms. The number of anilines is 1. The van der Waals surface area contributed by atoms with Crippen molar-refractivity contribution in [3.05, 3.63) is 29.3 Å². The maximum absolute atomic E-state index is 12.2. The molecule has 0 fully saturated rings. The summed E-state index contributed by atoms with van der Waals surface area (Å²) >= 11 is 5.79. The summed E-state index contributed by atoms with van der Waals surface area (Å²) in [5.74, 6) is -1.56. The number of carboxylic acids is 1. The predicted octanol–water partition coefficient (Wildman–Crippen LogP) is 2.54. The van der Waals surface area contributed by atoms with E-state index in [9.17, 15) is 9.59 Å². The minimum atomic E-state index is -0.912. The van der Waals surface area contributed by atoms with E-state index in [1.807, 2.05) is 0 Å². The summed E-state index contributed by atoms with van der Waals surface area (Å²) in [6, 6.07) is 6.77. The number of carboxylic acid groups (broad SMARTS) is 1. The molecule has 1 aliphatic rings. The second-order valence-corrected chi connectivity index (χ2v) is 4.79. The third-order valence-electron chi connectivity index (χ3n) is 2.99. The van der Waals surface area contributed by atoms with Crippen LogP contribution in [-0.4, -0.2) is 22.7 Å². The normalized spacial score (nSPS) is 18.6. The monoisotopic (exact) mass is 280 g/mol. The Balaban J connectivity index is 2.15. The van der Waals surface area contributed by atoms with Crippen LogP contribution in [0.5, 0.6) is 0 Å². The minimum Gasteiger partial charge on any atom is -0.481 e. The Hall–Kier alpha value is -1.88. The van der Waals surface area contributed by atoms with Crippen molar-refractivity contribution in [2.75, 3.05) is 5.01 Å². The van der Waals surface area contributed by atoms with E-state index in [-0.39, 0.29) is 18.7 Å². The van der Waals surface area contributed by atoms with Gasteiger partial charge in [-0.1, -0.05) is 11.6 Å². The lowest BCUT2D eigenvalue weighted by Gasteiger charge is -2.13. The Morgan fingerprint density at radius 3 is 2.63 bits per heavy atom. The van der Waals surface area contributed by atoms with Crippen molar-refractivity contribution in [3.63, 3.8) is 0 Å². The molecule has 5 nitrogen and oxygen atoms in total. The molecule has 0 aromatic heterocycles. The van der Waals surface area contributed by atoms with Crippen molar-refractivity contribution >= 4 is 34.9 Å². The summed E-state index contributed by atoms with van der Waals surface area (Å²) in [4.78, 5) is 22.8. The number of hydrogen-bond donors (Lipinski definition) is 1. The number of carbonyl (C=O) groups excluding carboxylic acids is 1. The Kier molecular flexibility index (Phi) is 3.85. The molecule has 6 heteroatoms. The fraction of sp³-hybridized carbons (Fsp3) is 0.308. The molecule has 0 radical (unpaired) electrons. The fourth-order valence-corrected chi connectivity index (χ4v) is 2.10. The molecule has 0 bridgehead atoms. The van der Waals surface area contributed by atoms with Crippen LogP contribution in [0.1, 0.15) is 19.8 Å². The summed E-state index contributed by atoms with van der Waals surface area (Å²) in [6.07, 6.45) is 0.227. The Morgan fingerprint density at radius 1 is 1.42 bits per heavy atom. The van der Waals surface area contributed by atoms with Crippen molar-refractivity contribution in [2.45, 2.75) is 19.8 Å². The highest BCUT2D eigenvalue weighted by Gasteiger charge is 2.34. The maximum atomic E-state index is 12.2. The summed E-state index contributed by atoms with van der Waals surface area (Å²) < 4.78 is 0. The summed E-state index contributed by atoms with van der Waals surface area (Å²) in [6.45, 7) is 1.74. The van der Waals surface area contributed by atoms with Crippen LogP contribution in [0.25, 0.3) is 0 Å². The van der Waals surface area contributed by atoms with Gasteiger partial charge in [-0.2, -0.15) is 5.10 Å². The van der Waals surface area contributed by atoms with Crippen molar-refractivity contribution in [1.82, 2.24) is 0 Å². The Labute approximate surface area is 115 Å². The molecule has 2 rings (SSSR count). The molecular formula is C13H13ClN2O3. The molecule has 1 N–H and O–H groups in total. The van der Waals surface area contributed by atoms with Gasteiger partial charge in [0, 0.05) is 17.2 Å². The number of amides is 1. The van der Waals surface area contributed by atoms with E-state index in [0.29, 0.717) is 16.4 Å². The van der Waals surface area contributed by atoms with E-state index in [2.05, 4.69) is 5.10 Å². The predicted molar refractivity (Wildman–Crippen MR) is 72.4 cm³/mol. The van der Waals surface area contributed by atoms with Gasteiger partial charge in [-0.3, -0.25) is 9.59 Å². The maximum Gasteiger partial charge on any atom is 0.303 e. The first-order valence-corrected chi connectivity index (χ1v) is 6.23. The van der Waals surface area contributed by atoms with Gasteiger partial charge in [0.1, 0.15) is 0 Å². The zero-order valence-electron chi connectivity index (χ0n) is 10.3. The zero-order chi connectivity index (χ0) is 14.0. The lowest BCUT2D eigenvalue weighted by molar-refractivity contribution is -0.137. The molecule has 0 saturated carbocycles. The molecule has 1 aromatic carbocycles. The van der Waals surface area contributed by atoms with Crippen molar-refractivity contribution in [3.8, 4) is 0 Å². The molecule has 1 aromatic rings. The molecule has 1 atom stereocenters. The van der Waals surface area contributed by atoms with Crippen molar-refractivity contribution < 1.29 is 14.7 Å². The SMILES string of the molecule is CC1=NN(c2ccc(Cl)cc2)C(=O)[C@H]1CCC(=O)O. The molecule has 0 saturated heterocycles. The molecular weight excluding hydrogens is 268 g/mol. The minimum absolute atomic E-state index is 0.0439. The van der Waals surface area contributed by atoms with Gasteiger partial charge in [0.25, 0.3) is 5.91 Å². The highest BCUT2D eigenvalue weighted by atomic mass is 35.5. The lowest BCUT2D eigenvalue weighted by atomic mass is 9.98. The smallest absolute Gasteiger partial charge is 0.303 e. The van der Waals surface area contributed by atoms with Gasteiger partial charge in [-0.25, -0.2) is 5.01 Å². The molecule has 1 heterocycles. The summed E-state index contributed by atoms with van der Waals surface area (Å²) in [5, 5.41) is 14.8. The lowest BCUT2D eigenvalue weighted by Crippen LogP contribution is -2.27. The first kappa shape index (κ1) is 13.5. The van der Waals surface area contributed by atoms with Crippen molar-refractivity contribution in [2.24, 2.45) is 11.0 Å². The van der Waals surface area contributed by atoms with Crippen LogP contribution in [0.3, 0.4) is 0 Å². The molecule has 0 unspecified atom stereocenters. The van der Waals surface area contributed by atoms with E-state index in [1.165, 1.54) is 5.01 Å². The van der Waals surface area contributed by atoms with E-state index in [0.717, 1.165) is 0 Å². The van der Waals surface area contributed by atoms with Gasteiger partial charge in [0.2, 0.25) is 0 Å². The number of hydrazone groups is 1. The van der Waals surface area contributed by atoms with Crippen molar-refractivity contribution in [1.29, 1.82) is 0 Å². The average molecular weight is 281 g/mol. The van der Waals surface area contributed by atoms with E-state index in [4.69, 9.17) is 16.7 Å². The van der Waals surface area contributed by atoms with Crippen LogP contribution in [-0.2, 0) is 9.59 Å². The molecule has 100 valence electrons. The number of rotatable bonds is 4. The molecule has 0 aliphatic carbocycles. The third kappa shape index (κ3) is 2.93. The third-order valence-corrected chi connectivity index (χ3v) is 3.24. The van der Waals surface area contributed by atoms with E-state index >= 15 is 0 Å². The fourth-order valence-electron chi connectivity index (χ4n) is 1.97. The van der Waals surface area contributed by atoms with Gasteiger partial charge < -0.3 is 5.11 Å². The van der Waals surface area contributed by atoms with Gasteiger partial charge in [0.15, 0.2) is 0 Å². The molecule has 1 amide bonds. The topological polar surface area (TPSA) is 70.0 Å². The first-order chi connectivity index (χ1) is 8.99. The number of nitrogens with zero attached hydrogens (tertiary/aromatic N) is 2. The first-order valence-electron chi connectivity index (χ1n) is 5.85. The van der Waals surface area contributed by atoms with Gasteiger partial charge in [-0.05, 0) is 37.6 Å². The average Bonchev–Trinajstić information content (AvgIpc) is 2.63. The zero-order valence-corrected chi connectivity index (χ0v) is 11.1. The van der Waals surface area contributed by atoms with Gasteiger partial charge in [-0.15, -0.1) is 0 Å². The second-order valence-electron chi connectivity index (χ2n) is 4.35. The van der Waals surface area contributed by atoms with Crippen LogP contribution in [0.15, 0.2) is 29.4 Å². The second kappa shape index (κ2) is 5.40. The standard InChI is InChI=1S/C13H13ClN2O3/c1-8-11(6-7-12(17)18)13(19)16(15-8)10-4-2-9(14)3-5-10/h2-5,11H,6-7H2,1H3,(H,17,18)/t11-/m0/s1. The van der Waals surface area contributed by atoms with Crippen LogP contribution < -0.4 is 5.01 Å². The van der Waals surface area contributed by atoms with Crippen LogP contribution in [0.4, 0.5) is 5.69 Å². The largest absolute Gasteiger partial charge is 0.481 e. The highest BCUT2D eigenvalue weighted by molar-refractivity contribution is 6.30. The van der Waals surface area contributed by atoms with Gasteiger partial charge in [0.05, 0.1) is 11.6 Å². The summed E-state index contributed by atoms with van der Waals surface area (Å²) in [5.41, 5.74) is 1.27. The summed E-state index contributed by atoms with van der Waals surface area (Å²) in [7, 11) is 0. The highest BCUT2D eigenvalue weighted by Crippen LogP contribution is 2.27. The molecule has 0 spiro atoms. The number of hydrogen-bond acceptors (Lipinski definition) is 3.